The fourth-order valence-corrected chi connectivity index (χ4v) is 4.27. The van der Waals surface area contributed by atoms with E-state index in [0.717, 1.165) is 21.6 Å². The molecule has 29 heavy (non-hydrogen) atoms. The Morgan fingerprint density at radius 3 is 2.72 bits per heavy atom. The van der Waals surface area contributed by atoms with Gasteiger partial charge in [-0.15, -0.1) is 11.3 Å². The molecule has 0 saturated carbocycles. The van der Waals surface area contributed by atoms with Gasteiger partial charge in [0.15, 0.2) is 0 Å². The van der Waals surface area contributed by atoms with E-state index in [-0.39, 0.29) is 24.8 Å². The van der Waals surface area contributed by atoms with Gasteiger partial charge in [0.25, 0.3) is 5.91 Å². The van der Waals surface area contributed by atoms with Crippen LogP contribution in [-0.2, 0) is 14.3 Å². The summed E-state index contributed by atoms with van der Waals surface area (Å²) in [6.07, 6.45) is 0.131. The van der Waals surface area contributed by atoms with Gasteiger partial charge in [0.2, 0.25) is 0 Å². The molecule has 0 fully saturated rings. The van der Waals surface area contributed by atoms with Crippen LogP contribution in [-0.4, -0.2) is 60.5 Å². The number of methoxy groups -OCH3 is 2. The Morgan fingerprint density at radius 2 is 2.03 bits per heavy atom. The highest BCUT2D eigenvalue weighted by Crippen LogP contribution is 2.31. The first-order valence-electron chi connectivity index (χ1n) is 9.04. The number of esters is 1. The summed E-state index contributed by atoms with van der Waals surface area (Å²) >= 11 is 7.49. The second-order valence-corrected chi connectivity index (χ2v) is 7.88. The molecule has 7 nitrogen and oxygen atoms in total. The maximum absolute atomic E-state index is 13.1. The summed E-state index contributed by atoms with van der Waals surface area (Å²) in [5, 5.41) is 6.12. The number of aryl methyl sites for hydroxylation is 1. The maximum atomic E-state index is 13.1. The van der Waals surface area contributed by atoms with Crippen molar-refractivity contribution in [2.75, 3.05) is 33.9 Å². The van der Waals surface area contributed by atoms with E-state index in [1.165, 1.54) is 18.4 Å². The van der Waals surface area contributed by atoms with E-state index in [1.807, 2.05) is 31.2 Å². The molecule has 0 unspecified atom stereocenters. The fourth-order valence-electron chi connectivity index (χ4n) is 2.94. The lowest BCUT2D eigenvalue weighted by Gasteiger charge is -2.21. The maximum Gasteiger partial charge on any atom is 0.307 e. The largest absolute Gasteiger partial charge is 0.469 e. The lowest BCUT2D eigenvalue weighted by Crippen LogP contribution is -2.35. The van der Waals surface area contributed by atoms with Gasteiger partial charge in [-0.3, -0.25) is 9.59 Å². The molecular weight excluding hydrogens is 414 g/mol. The summed E-state index contributed by atoms with van der Waals surface area (Å²) in [4.78, 5) is 27.7. The molecule has 0 aliphatic heterocycles. The van der Waals surface area contributed by atoms with Crippen LogP contribution in [0.1, 0.15) is 21.8 Å². The van der Waals surface area contributed by atoms with Crippen molar-refractivity contribution in [2.45, 2.75) is 13.3 Å². The molecular formula is C20H22ClN3O4S. The highest BCUT2D eigenvalue weighted by atomic mass is 35.5. The van der Waals surface area contributed by atoms with E-state index >= 15 is 0 Å². The topological polar surface area (TPSA) is 73.7 Å². The van der Waals surface area contributed by atoms with Gasteiger partial charge < -0.3 is 14.4 Å². The van der Waals surface area contributed by atoms with Crippen molar-refractivity contribution in [3.8, 4) is 5.69 Å². The van der Waals surface area contributed by atoms with Crippen LogP contribution >= 0.6 is 22.9 Å². The minimum Gasteiger partial charge on any atom is -0.469 e. The van der Waals surface area contributed by atoms with Gasteiger partial charge in [0, 0.05) is 30.6 Å². The Morgan fingerprint density at radius 1 is 1.24 bits per heavy atom. The Hall–Kier alpha value is -2.42. The van der Waals surface area contributed by atoms with Crippen molar-refractivity contribution in [3.63, 3.8) is 0 Å². The number of aromatic nitrogens is 2. The molecule has 0 atom stereocenters. The molecule has 1 amide bonds. The quantitative estimate of drug-likeness (QED) is 0.504. The normalized spacial score (nSPS) is 11.0. The number of ether oxygens (including phenoxy) is 2. The van der Waals surface area contributed by atoms with E-state index < -0.39 is 0 Å². The number of halogens is 1. The molecule has 1 aromatic carbocycles. The minimum absolute atomic E-state index is 0.131. The molecule has 9 heteroatoms. The number of nitrogens with zero attached hydrogens (tertiary/aromatic N) is 3. The van der Waals surface area contributed by atoms with E-state index in [2.05, 4.69) is 9.84 Å². The second kappa shape index (κ2) is 9.39. The van der Waals surface area contributed by atoms with Crippen molar-refractivity contribution in [3.05, 3.63) is 45.9 Å². The number of fused-ring (bicyclic) bond motifs is 1. The van der Waals surface area contributed by atoms with Crippen LogP contribution in [0.25, 0.3) is 15.9 Å². The van der Waals surface area contributed by atoms with Crippen LogP contribution < -0.4 is 0 Å². The second-order valence-electron chi connectivity index (χ2n) is 6.42. The van der Waals surface area contributed by atoms with Crippen LogP contribution in [0.4, 0.5) is 0 Å². The molecule has 0 aliphatic carbocycles. The van der Waals surface area contributed by atoms with Gasteiger partial charge >= 0.3 is 5.97 Å². The van der Waals surface area contributed by atoms with E-state index in [0.29, 0.717) is 23.1 Å². The van der Waals surface area contributed by atoms with Crippen molar-refractivity contribution >= 4 is 45.0 Å². The number of amides is 1. The van der Waals surface area contributed by atoms with E-state index in [4.69, 9.17) is 16.3 Å². The van der Waals surface area contributed by atoms with Gasteiger partial charge in [-0.1, -0.05) is 17.7 Å². The molecule has 0 spiro atoms. The number of thiophene rings is 1. The van der Waals surface area contributed by atoms with Gasteiger partial charge in [0.1, 0.15) is 4.83 Å². The third kappa shape index (κ3) is 4.77. The highest BCUT2D eigenvalue weighted by Gasteiger charge is 2.22. The lowest BCUT2D eigenvalue weighted by molar-refractivity contribution is -0.140. The molecule has 0 aliphatic rings. The number of rotatable bonds is 8. The number of benzene rings is 1. The Bertz CT molecular complexity index is 1030. The third-order valence-corrected chi connectivity index (χ3v) is 5.81. The molecule has 154 valence electrons. The molecule has 0 bridgehead atoms. The summed E-state index contributed by atoms with van der Waals surface area (Å²) in [6.45, 7) is 2.94. The molecule has 0 radical (unpaired) electrons. The van der Waals surface area contributed by atoms with Crippen LogP contribution in [0, 0.1) is 6.92 Å². The summed E-state index contributed by atoms with van der Waals surface area (Å²) in [5.41, 5.74) is 1.66. The smallest absolute Gasteiger partial charge is 0.307 e. The lowest BCUT2D eigenvalue weighted by atomic mass is 10.2. The minimum atomic E-state index is -0.357. The molecule has 0 N–H and O–H groups in total. The summed E-state index contributed by atoms with van der Waals surface area (Å²) in [5.74, 6) is -0.506. The molecule has 0 saturated heterocycles. The Balaban J connectivity index is 1.92. The van der Waals surface area contributed by atoms with Crippen LogP contribution in [0.5, 0.6) is 0 Å². The Labute approximate surface area is 177 Å². The first kappa shape index (κ1) is 21.3. The third-order valence-electron chi connectivity index (χ3n) is 4.47. The first-order chi connectivity index (χ1) is 13.9. The standard InChI is InChI=1S/C20H22ClN3O4S/c1-13-16-12-17(19(26)23(9-10-27-2)8-7-18(25)28-3)29-20(16)24(22-13)15-6-4-5-14(21)11-15/h4-6,11-12H,7-10H2,1-3H3. The average molecular weight is 436 g/mol. The van der Waals surface area contributed by atoms with Gasteiger partial charge in [-0.25, -0.2) is 4.68 Å². The SMILES string of the molecule is COCCN(CCC(=O)OC)C(=O)c1cc2c(C)nn(-c3cccc(Cl)c3)c2s1. The van der Waals surface area contributed by atoms with E-state index in [9.17, 15) is 9.59 Å². The van der Waals surface area contributed by atoms with Crippen LogP contribution in [0.3, 0.4) is 0 Å². The zero-order valence-corrected chi connectivity index (χ0v) is 18.0. The van der Waals surface area contributed by atoms with Crippen molar-refractivity contribution in [1.29, 1.82) is 0 Å². The average Bonchev–Trinajstić information content (AvgIpc) is 3.28. The van der Waals surface area contributed by atoms with Crippen LogP contribution in [0.2, 0.25) is 5.02 Å². The summed E-state index contributed by atoms with van der Waals surface area (Å²) in [7, 11) is 2.91. The van der Waals surface area contributed by atoms with Gasteiger partial charge in [0.05, 0.1) is 36.4 Å². The van der Waals surface area contributed by atoms with Crippen LogP contribution in [0.15, 0.2) is 30.3 Å². The van der Waals surface area contributed by atoms with Gasteiger partial charge in [-0.05, 0) is 31.2 Å². The molecule has 2 aromatic heterocycles. The summed E-state index contributed by atoms with van der Waals surface area (Å²) < 4.78 is 11.6. The fraction of sp³-hybridized carbons (Fsp3) is 0.350. The molecule has 3 rings (SSSR count). The van der Waals surface area contributed by atoms with Crippen molar-refractivity contribution < 1.29 is 19.1 Å². The van der Waals surface area contributed by atoms with Crippen molar-refractivity contribution in [1.82, 2.24) is 14.7 Å². The zero-order chi connectivity index (χ0) is 21.0. The van der Waals surface area contributed by atoms with Gasteiger partial charge in [-0.2, -0.15) is 5.10 Å². The number of carbonyl (C=O) groups is 2. The number of hydrogen-bond acceptors (Lipinski definition) is 6. The molecule has 2 heterocycles. The molecule has 3 aromatic rings. The monoisotopic (exact) mass is 435 g/mol. The van der Waals surface area contributed by atoms with E-state index in [1.54, 1.807) is 22.8 Å². The number of hydrogen-bond donors (Lipinski definition) is 0. The number of carbonyl (C=O) groups excluding carboxylic acids is 2. The first-order valence-corrected chi connectivity index (χ1v) is 10.2. The zero-order valence-electron chi connectivity index (χ0n) is 16.5. The highest BCUT2D eigenvalue weighted by molar-refractivity contribution is 7.20. The predicted molar refractivity (Wildman–Crippen MR) is 113 cm³/mol. The van der Waals surface area contributed by atoms with Crippen molar-refractivity contribution in [2.24, 2.45) is 0 Å². The summed E-state index contributed by atoms with van der Waals surface area (Å²) in [6, 6.07) is 9.26. The predicted octanol–water partition coefficient (Wildman–Crippen LogP) is 3.70. The Kier molecular flexibility index (Phi) is 6.89.